The second kappa shape index (κ2) is 7.63. The molecule has 1 aromatic heterocycles. The first kappa shape index (κ1) is 16.0. The zero-order chi connectivity index (χ0) is 16.1. The van der Waals surface area contributed by atoms with E-state index in [-0.39, 0.29) is 18.0 Å². The van der Waals surface area contributed by atoms with Crippen molar-refractivity contribution in [2.45, 2.75) is 31.7 Å². The molecule has 2 aliphatic rings. The van der Waals surface area contributed by atoms with Crippen LogP contribution in [0.25, 0.3) is 0 Å². The molecule has 23 heavy (non-hydrogen) atoms. The molecule has 8 heteroatoms. The highest BCUT2D eigenvalue weighted by atomic mass is 32.1. The number of thiazole rings is 1. The van der Waals surface area contributed by atoms with Gasteiger partial charge in [0.25, 0.3) is 0 Å². The summed E-state index contributed by atoms with van der Waals surface area (Å²) in [5.41, 5.74) is 0. The van der Waals surface area contributed by atoms with Gasteiger partial charge in [0.2, 0.25) is 5.91 Å². The van der Waals surface area contributed by atoms with Crippen molar-refractivity contribution in [3.63, 3.8) is 0 Å². The quantitative estimate of drug-likeness (QED) is 0.760. The van der Waals surface area contributed by atoms with E-state index in [9.17, 15) is 9.59 Å². The minimum Gasteiger partial charge on any atom is -0.354 e. The van der Waals surface area contributed by atoms with Gasteiger partial charge in [-0.1, -0.05) is 0 Å². The molecule has 2 N–H and O–H groups in total. The van der Waals surface area contributed by atoms with Crippen LogP contribution in [-0.4, -0.2) is 60.6 Å². The number of nitrogens with one attached hydrogen (secondary N) is 2. The SMILES string of the molecule is O=C(NCCCN1CCCNC1=O)C1CCCN1c1nccs1. The highest BCUT2D eigenvalue weighted by molar-refractivity contribution is 7.13. The Morgan fingerprint density at radius 1 is 1.43 bits per heavy atom. The summed E-state index contributed by atoms with van der Waals surface area (Å²) in [7, 11) is 0. The first-order valence-corrected chi connectivity index (χ1v) is 9.10. The number of hydrogen-bond acceptors (Lipinski definition) is 5. The smallest absolute Gasteiger partial charge is 0.317 e. The lowest BCUT2D eigenvalue weighted by Crippen LogP contribution is -2.47. The molecule has 0 saturated carbocycles. The highest BCUT2D eigenvalue weighted by Crippen LogP contribution is 2.27. The average Bonchev–Trinajstić information content (AvgIpc) is 3.23. The van der Waals surface area contributed by atoms with Crippen molar-refractivity contribution in [2.24, 2.45) is 0 Å². The van der Waals surface area contributed by atoms with E-state index in [0.29, 0.717) is 13.1 Å². The van der Waals surface area contributed by atoms with Crippen molar-refractivity contribution in [1.82, 2.24) is 20.5 Å². The molecular formula is C15H23N5O2S. The minimum absolute atomic E-state index is 0.00770. The first-order valence-electron chi connectivity index (χ1n) is 8.22. The van der Waals surface area contributed by atoms with Crippen molar-refractivity contribution < 1.29 is 9.59 Å². The zero-order valence-electron chi connectivity index (χ0n) is 13.2. The van der Waals surface area contributed by atoms with Gasteiger partial charge in [-0.25, -0.2) is 9.78 Å². The predicted molar refractivity (Wildman–Crippen MR) is 89.7 cm³/mol. The molecule has 2 fully saturated rings. The lowest BCUT2D eigenvalue weighted by Gasteiger charge is -2.27. The Morgan fingerprint density at radius 2 is 2.35 bits per heavy atom. The lowest BCUT2D eigenvalue weighted by molar-refractivity contribution is -0.122. The van der Waals surface area contributed by atoms with Crippen molar-refractivity contribution in [1.29, 1.82) is 0 Å². The van der Waals surface area contributed by atoms with Crippen LogP contribution in [0.2, 0.25) is 0 Å². The van der Waals surface area contributed by atoms with Crippen molar-refractivity contribution in [3.05, 3.63) is 11.6 Å². The molecule has 126 valence electrons. The number of aromatic nitrogens is 1. The average molecular weight is 337 g/mol. The second-order valence-corrected chi connectivity index (χ2v) is 6.76. The van der Waals surface area contributed by atoms with Gasteiger partial charge in [0, 0.05) is 44.3 Å². The summed E-state index contributed by atoms with van der Waals surface area (Å²) >= 11 is 1.57. The van der Waals surface area contributed by atoms with Crippen LogP contribution in [0.5, 0.6) is 0 Å². The monoisotopic (exact) mass is 337 g/mol. The molecule has 0 bridgehead atoms. The van der Waals surface area contributed by atoms with Crippen LogP contribution in [0, 0.1) is 0 Å². The molecule has 2 saturated heterocycles. The largest absolute Gasteiger partial charge is 0.354 e. The maximum absolute atomic E-state index is 12.4. The van der Waals surface area contributed by atoms with Gasteiger partial charge in [-0.3, -0.25) is 4.79 Å². The number of amides is 3. The zero-order valence-corrected chi connectivity index (χ0v) is 14.0. The van der Waals surface area contributed by atoms with E-state index in [1.165, 1.54) is 0 Å². The number of rotatable bonds is 6. The summed E-state index contributed by atoms with van der Waals surface area (Å²) in [6, 6.07) is -0.104. The van der Waals surface area contributed by atoms with E-state index < -0.39 is 0 Å². The molecule has 7 nitrogen and oxygen atoms in total. The van der Waals surface area contributed by atoms with Gasteiger partial charge in [-0.2, -0.15) is 0 Å². The molecule has 0 aromatic carbocycles. The first-order chi connectivity index (χ1) is 11.3. The summed E-state index contributed by atoms with van der Waals surface area (Å²) in [5.74, 6) is 0.0702. The van der Waals surface area contributed by atoms with Crippen LogP contribution >= 0.6 is 11.3 Å². The molecule has 3 amide bonds. The molecule has 0 spiro atoms. The Hall–Kier alpha value is -1.83. The van der Waals surface area contributed by atoms with Gasteiger partial charge in [0.15, 0.2) is 5.13 Å². The van der Waals surface area contributed by atoms with E-state index in [4.69, 9.17) is 0 Å². The molecule has 1 atom stereocenters. The third-order valence-electron chi connectivity index (χ3n) is 4.29. The fourth-order valence-electron chi connectivity index (χ4n) is 3.12. The van der Waals surface area contributed by atoms with Gasteiger partial charge < -0.3 is 20.4 Å². The molecule has 0 aliphatic carbocycles. The standard InChI is InChI=1S/C15H23N5O2S/c21-13(12-4-1-10-20(12)15-18-7-11-23-15)16-5-2-8-19-9-3-6-17-14(19)22/h7,11-12H,1-6,8-10H2,(H,16,21)(H,17,22). The molecule has 1 aromatic rings. The Labute approximate surface area is 140 Å². The normalized spacial score (nSPS) is 21.4. The van der Waals surface area contributed by atoms with Crippen molar-refractivity contribution >= 4 is 28.4 Å². The van der Waals surface area contributed by atoms with Crippen LogP contribution in [0.15, 0.2) is 11.6 Å². The molecule has 2 aliphatic heterocycles. The summed E-state index contributed by atoms with van der Waals surface area (Å²) < 4.78 is 0. The van der Waals surface area contributed by atoms with Gasteiger partial charge in [0.1, 0.15) is 6.04 Å². The van der Waals surface area contributed by atoms with E-state index in [0.717, 1.165) is 50.4 Å². The molecule has 1 unspecified atom stereocenters. The third kappa shape index (κ3) is 3.93. The Bertz CT molecular complexity index is 536. The van der Waals surface area contributed by atoms with Gasteiger partial charge >= 0.3 is 6.03 Å². The number of urea groups is 1. The number of nitrogens with zero attached hydrogens (tertiary/aromatic N) is 3. The van der Waals surface area contributed by atoms with Crippen LogP contribution < -0.4 is 15.5 Å². The lowest BCUT2D eigenvalue weighted by atomic mass is 10.2. The number of carbonyl (C=O) groups is 2. The molecule has 0 radical (unpaired) electrons. The summed E-state index contributed by atoms with van der Waals surface area (Å²) in [4.78, 5) is 32.2. The Morgan fingerprint density at radius 3 is 3.13 bits per heavy atom. The van der Waals surface area contributed by atoms with E-state index >= 15 is 0 Å². The predicted octanol–water partition coefficient (Wildman–Crippen LogP) is 1.03. The number of hydrogen-bond donors (Lipinski definition) is 2. The second-order valence-electron chi connectivity index (χ2n) is 5.88. The van der Waals surface area contributed by atoms with Gasteiger partial charge in [-0.05, 0) is 25.7 Å². The summed E-state index contributed by atoms with van der Waals surface area (Å²) in [6.07, 6.45) is 5.44. The maximum atomic E-state index is 12.4. The van der Waals surface area contributed by atoms with Crippen LogP contribution in [-0.2, 0) is 4.79 Å². The van der Waals surface area contributed by atoms with Crippen molar-refractivity contribution in [3.8, 4) is 0 Å². The maximum Gasteiger partial charge on any atom is 0.317 e. The van der Waals surface area contributed by atoms with Gasteiger partial charge in [0.05, 0.1) is 0 Å². The fourth-order valence-corrected chi connectivity index (χ4v) is 3.84. The van der Waals surface area contributed by atoms with Gasteiger partial charge in [-0.15, -0.1) is 11.3 Å². The summed E-state index contributed by atoms with van der Waals surface area (Å²) in [6.45, 7) is 3.75. The topological polar surface area (TPSA) is 77.6 Å². The minimum atomic E-state index is -0.112. The number of anilines is 1. The summed E-state index contributed by atoms with van der Waals surface area (Å²) in [5, 5.41) is 8.70. The molecular weight excluding hydrogens is 314 g/mol. The van der Waals surface area contributed by atoms with Crippen LogP contribution in [0.4, 0.5) is 9.93 Å². The molecule has 3 heterocycles. The highest BCUT2D eigenvalue weighted by Gasteiger charge is 2.31. The van der Waals surface area contributed by atoms with Crippen LogP contribution in [0.1, 0.15) is 25.7 Å². The van der Waals surface area contributed by atoms with E-state index in [2.05, 4.69) is 20.5 Å². The van der Waals surface area contributed by atoms with Crippen molar-refractivity contribution in [2.75, 3.05) is 37.6 Å². The third-order valence-corrected chi connectivity index (χ3v) is 5.10. The van der Waals surface area contributed by atoms with E-state index in [1.54, 1.807) is 17.5 Å². The number of carbonyl (C=O) groups excluding carboxylic acids is 2. The molecule has 3 rings (SSSR count). The fraction of sp³-hybridized carbons (Fsp3) is 0.667. The Kier molecular flexibility index (Phi) is 5.32. The van der Waals surface area contributed by atoms with Crippen LogP contribution in [0.3, 0.4) is 0 Å². The Balaban J connectivity index is 1.41. The van der Waals surface area contributed by atoms with E-state index in [1.807, 2.05) is 10.3 Å².